The highest BCUT2D eigenvalue weighted by molar-refractivity contribution is 5.01. The van der Waals surface area contributed by atoms with Crippen LogP contribution in [0.3, 0.4) is 0 Å². The van der Waals surface area contributed by atoms with Crippen LogP contribution < -0.4 is 5.32 Å². The average molecular weight is 195 g/mol. The summed E-state index contributed by atoms with van der Waals surface area (Å²) in [5.41, 5.74) is 0.725. The Morgan fingerprint density at radius 1 is 1.21 bits per heavy atom. The summed E-state index contributed by atoms with van der Waals surface area (Å²) in [6.45, 7) is 3.18. The Hall–Kier alpha value is -0.0800. The van der Waals surface area contributed by atoms with Gasteiger partial charge in [0.15, 0.2) is 0 Å². The third-order valence-corrected chi connectivity index (χ3v) is 4.47. The summed E-state index contributed by atoms with van der Waals surface area (Å²) in [6.07, 6.45) is 8.67. The summed E-state index contributed by atoms with van der Waals surface area (Å²) in [5.74, 6) is 1.08. The Morgan fingerprint density at radius 3 is 2.57 bits per heavy atom. The molecule has 14 heavy (non-hydrogen) atoms. The molecule has 1 heterocycles. The van der Waals surface area contributed by atoms with Crippen molar-refractivity contribution in [2.45, 2.75) is 44.6 Å². The van der Waals surface area contributed by atoms with Crippen LogP contribution in [0.15, 0.2) is 0 Å². The molecule has 3 fully saturated rings. The van der Waals surface area contributed by atoms with Crippen LogP contribution in [0.2, 0.25) is 0 Å². The van der Waals surface area contributed by atoms with Crippen LogP contribution in [0.4, 0.5) is 0 Å². The van der Waals surface area contributed by atoms with Crippen LogP contribution in [0.5, 0.6) is 0 Å². The van der Waals surface area contributed by atoms with E-state index in [0.29, 0.717) is 6.04 Å². The molecule has 1 atom stereocenters. The molecule has 1 saturated heterocycles. The topological polar surface area (TPSA) is 21.3 Å². The fraction of sp³-hybridized carbons (Fsp3) is 1.00. The van der Waals surface area contributed by atoms with Gasteiger partial charge in [0.1, 0.15) is 0 Å². The van der Waals surface area contributed by atoms with Crippen molar-refractivity contribution in [2.75, 3.05) is 19.8 Å². The van der Waals surface area contributed by atoms with Gasteiger partial charge in [-0.15, -0.1) is 0 Å². The van der Waals surface area contributed by atoms with Gasteiger partial charge in [-0.3, -0.25) is 0 Å². The maximum atomic E-state index is 5.39. The van der Waals surface area contributed by atoms with Gasteiger partial charge < -0.3 is 10.1 Å². The van der Waals surface area contributed by atoms with Crippen LogP contribution >= 0.6 is 0 Å². The van der Waals surface area contributed by atoms with Crippen LogP contribution in [0.25, 0.3) is 0 Å². The van der Waals surface area contributed by atoms with Crippen LogP contribution in [0, 0.1) is 11.3 Å². The standard InChI is InChI=1S/C12H21NO/c1-5-12(6-1,10-2-3-10)9-13-11-4-7-14-8-11/h10-11,13H,1-9H2. The predicted octanol–water partition coefficient (Wildman–Crippen LogP) is 1.95. The van der Waals surface area contributed by atoms with Crippen molar-refractivity contribution >= 4 is 0 Å². The highest BCUT2D eigenvalue weighted by atomic mass is 16.5. The summed E-state index contributed by atoms with van der Waals surface area (Å²) in [4.78, 5) is 0. The van der Waals surface area contributed by atoms with E-state index in [1.165, 1.54) is 45.1 Å². The summed E-state index contributed by atoms with van der Waals surface area (Å²) in [7, 11) is 0. The number of nitrogens with one attached hydrogen (secondary N) is 1. The molecule has 0 aromatic heterocycles. The summed E-state index contributed by atoms with van der Waals surface area (Å²) in [6, 6.07) is 0.659. The molecule has 3 rings (SSSR count). The van der Waals surface area contributed by atoms with E-state index in [2.05, 4.69) is 5.32 Å². The van der Waals surface area contributed by atoms with E-state index in [0.717, 1.165) is 24.5 Å². The van der Waals surface area contributed by atoms with Gasteiger partial charge in [0.25, 0.3) is 0 Å². The molecule has 0 radical (unpaired) electrons. The maximum absolute atomic E-state index is 5.39. The van der Waals surface area contributed by atoms with Crippen molar-refractivity contribution in [1.82, 2.24) is 5.32 Å². The van der Waals surface area contributed by atoms with Gasteiger partial charge in [-0.2, -0.15) is 0 Å². The molecular formula is C12H21NO. The van der Waals surface area contributed by atoms with Crippen LogP contribution in [0.1, 0.15) is 38.5 Å². The summed E-state index contributed by atoms with van der Waals surface area (Å²) < 4.78 is 5.39. The zero-order chi connectivity index (χ0) is 9.43. The van der Waals surface area contributed by atoms with E-state index < -0.39 is 0 Å². The maximum Gasteiger partial charge on any atom is 0.0620 e. The minimum Gasteiger partial charge on any atom is -0.380 e. The SMILES string of the molecule is C1CC(CNC2CCOC2)(C2CC2)C1. The summed E-state index contributed by atoms with van der Waals surface area (Å²) in [5, 5.41) is 3.72. The van der Waals surface area contributed by atoms with Gasteiger partial charge in [0.05, 0.1) is 6.61 Å². The molecule has 0 amide bonds. The Labute approximate surface area is 86.4 Å². The number of hydrogen-bond acceptors (Lipinski definition) is 2. The van der Waals surface area contributed by atoms with Gasteiger partial charge in [-0.25, -0.2) is 0 Å². The third kappa shape index (κ3) is 1.59. The van der Waals surface area contributed by atoms with Crippen LogP contribution in [-0.4, -0.2) is 25.8 Å². The molecule has 2 heteroatoms. The Kier molecular flexibility index (Phi) is 2.29. The first-order chi connectivity index (χ1) is 6.89. The van der Waals surface area contributed by atoms with E-state index in [9.17, 15) is 0 Å². The van der Waals surface area contributed by atoms with E-state index in [1.807, 2.05) is 0 Å². The molecule has 0 spiro atoms. The minimum atomic E-state index is 0.659. The first-order valence-corrected chi connectivity index (χ1v) is 6.20. The molecule has 0 bridgehead atoms. The molecule has 80 valence electrons. The van der Waals surface area contributed by atoms with Gasteiger partial charge in [0.2, 0.25) is 0 Å². The molecule has 2 saturated carbocycles. The Morgan fingerprint density at radius 2 is 2.07 bits per heavy atom. The van der Waals surface area contributed by atoms with E-state index >= 15 is 0 Å². The normalized spacial score (nSPS) is 35.6. The van der Waals surface area contributed by atoms with Crippen LogP contribution in [-0.2, 0) is 4.74 Å². The lowest BCUT2D eigenvalue weighted by atomic mass is 9.65. The van der Waals surface area contributed by atoms with Crippen molar-refractivity contribution in [3.8, 4) is 0 Å². The van der Waals surface area contributed by atoms with Gasteiger partial charge >= 0.3 is 0 Å². The van der Waals surface area contributed by atoms with Gasteiger partial charge in [-0.1, -0.05) is 6.42 Å². The van der Waals surface area contributed by atoms with E-state index in [4.69, 9.17) is 4.74 Å². The van der Waals surface area contributed by atoms with Crippen molar-refractivity contribution in [3.63, 3.8) is 0 Å². The molecule has 2 nitrogen and oxygen atoms in total. The number of hydrogen-bond donors (Lipinski definition) is 1. The highest BCUT2D eigenvalue weighted by Gasteiger charge is 2.48. The zero-order valence-corrected chi connectivity index (χ0v) is 8.93. The monoisotopic (exact) mass is 195 g/mol. The number of ether oxygens (including phenoxy) is 1. The van der Waals surface area contributed by atoms with Crippen molar-refractivity contribution in [1.29, 1.82) is 0 Å². The van der Waals surface area contributed by atoms with Gasteiger partial charge in [0, 0.05) is 19.2 Å². The van der Waals surface area contributed by atoms with Crippen molar-refractivity contribution < 1.29 is 4.74 Å². The first kappa shape index (κ1) is 9.17. The molecule has 0 aromatic rings. The molecule has 3 aliphatic rings. The van der Waals surface area contributed by atoms with Gasteiger partial charge in [-0.05, 0) is 43.4 Å². The summed E-state index contributed by atoms with van der Waals surface area (Å²) >= 11 is 0. The molecule has 0 aromatic carbocycles. The quantitative estimate of drug-likeness (QED) is 0.740. The predicted molar refractivity (Wildman–Crippen MR) is 56.2 cm³/mol. The average Bonchev–Trinajstić information content (AvgIpc) is 2.81. The fourth-order valence-corrected chi connectivity index (χ4v) is 3.10. The second-order valence-electron chi connectivity index (χ2n) is 5.43. The Balaban J connectivity index is 1.49. The Bertz CT molecular complexity index is 202. The lowest BCUT2D eigenvalue weighted by Gasteiger charge is -2.43. The lowest BCUT2D eigenvalue weighted by molar-refractivity contribution is 0.0927. The lowest BCUT2D eigenvalue weighted by Crippen LogP contribution is -2.45. The number of rotatable bonds is 4. The molecular weight excluding hydrogens is 174 g/mol. The molecule has 1 unspecified atom stereocenters. The first-order valence-electron chi connectivity index (χ1n) is 6.20. The molecule has 2 aliphatic carbocycles. The molecule has 1 N–H and O–H groups in total. The van der Waals surface area contributed by atoms with Crippen molar-refractivity contribution in [3.05, 3.63) is 0 Å². The highest BCUT2D eigenvalue weighted by Crippen LogP contribution is 2.56. The van der Waals surface area contributed by atoms with E-state index in [1.54, 1.807) is 0 Å². The smallest absolute Gasteiger partial charge is 0.0620 e. The second-order valence-corrected chi connectivity index (χ2v) is 5.43. The minimum absolute atomic E-state index is 0.659. The largest absolute Gasteiger partial charge is 0.380 e. The zero-order valence-electron chi connectivity index (χ0n) is 8.93. The fourth-order valence-electron chi connectivity index (χ4n) is 3.10. The molecule has 1 aliphatic heterocycles. The van der Waals surface area contributed by atoms with Crippen molar-refractivity contribution in [2.24, 2.45) is 11.3 Å². The third-order valence-electron chi connectivity index (χ3n) is 4.47. The van der Waals surface area contributed by atoms with E-state index in [-0.39, 0.29) is 0 Å². The second kappa shape index (κ2) is 3.49.